The Morgan fingerprint density at radius 2 is 1.13 bits per heavy atom. The second kappa shape index (κ2) is 11.7. The van der Waals surface area contributed by atoms with Crippen molar-refractivity contribution in [1.82, 2.24) is 14.5 Å². The van der Waals surface area contributed by atoms with Crippen molar-refractivity contribution in [2.75, 3.05) is 0 Å². The van der Waals surface area contributed by atoms with Crippen molar-refractivity contribution in [2.24, 2.45) is 0 Å². The SMILES string of the molecule is CC(C)(C)c1ccc2c(c1)[Si](c1cccc(-n3c4ccccc4c4ccc(-c5ccccn5)cc43)c1)(c1ccccn1)c1cc(C(C)(C)C)ccc1-2. The van der Waals surface area contributed by atoms with Crippen molar-refractivity contribution in [1.29, 1.82) is 0 Å². The highest BCUT2D eigenvalue weighted by Crippen LogP contribution is 2.37. The van der Waals surface area contributed by atoms with Gasteiger partial charge >= 0.3 is 0 Å². The molecule has 0 saturated heterocycles. The summed E-state index contributed by atoms with van der Waals surface area (Å²) in [4.78, 5) is 9.98. The van der Waals surface area contributed by atoms with Gasteiger partial charge in [-0.25, -0.2) is 0 Å². The van der Waals surface area contributed by atoms with E-state index in [1.54, 1.807) is 0 Å². The highest BCUT2D eigenvalue weighted by atomic mass is 28.3. The summed E-state index contributed by atoms with van der Waals surface area (Å²) in [6, 6.07) is 52.1. The molecule has 4 heteroatoms. The van der Waals surface area contributed by atoms with Gasteiger partial charge in [-0.3, -0.25) is 9.97 Å². The van der Waals surface area contributed by atoms with Crippen molar-refractivity contribution in [3.63, 3.8) is 0 Å². The van der Waals surface area contributed by atoms with E-state index in [1.807, 2.05) is 24.5 Å². The van der Waals surface area contributed by atoms with Crippen molar-refractivity contribution in [3.05, 3.63) is 163 Å². The Labute approximate surface area is 307 Å². The first-order valence-electron chi connectivity index (χ1n) is 18.3. The second-order valence-electron chi connectivity index (χ2n) is 16.3. The molecule has 0 saturated carbocycles. The first kappa shape index (κ1) is 32.3. The van der Waals surface area contributed by atoms with Gasteiger partial charge in [-0.2, -0.15) is 0 Å². The summed E-state index contributed by atoms with van der Waals surface area (Å²) in [6.45, 7) is 13.9. The summed E-state index contributed by atoms with van der Waals surface area (Å²) < 4.78 is 2.45. The van der Waals surface area contributed by atoms with Crippen LogP contribution in [0.5, 0.6) is 0 Å². The molecule has 8 aromatic rings. The molecule has 0 fully saturated rings. The largest absolute Gasteiger partial charge is 0.309 e. The van der Waals surface area contributed by atoms with Crippen molar-refractivity contribution >= 4 is 50.8 Å². The maximum atomic E-state index is 5.28. The second-order valence-corrected chi connectivity index (χ2v) is 20.0. The lowest BCUT2D eigenvalue weighted by molar-refractivity contribution is 0.590. The van der Waals surface area contributed by atoms with Crippen LogP contribution in [0.1, 0.15) is 52.7 Å². The summed E-state index contributed by atoms with van der Waals surface area (Å²) >= 11 is 0. The third-order valence-electron chi connectivity index (χ3n) is 11.1. The Bertz CT molecular complexity index is 2580. The highest BCUT2D eigenvalue weighted by Gasteiger charge is 2.50. The van der Waals surface area contributed by atoms with Crippen LogP contribution in [-0.2, 0) is 10.8 Å². The Balaban J connectivity index is 1.38. The van der Waals surface area contributed by atoms with Crippen LogP contribution in [-0.4, -0.2) is 22.6 Å². The average Bonchev–Trinajstić information content (AvgIpc) is 3.64. The summed E-state index contributed by atoms with van der Waals surface area (Å²) in [5.41, 5.74) is 11.0. The van der Waals surface area contributed by atoms with Gasteiger partial charge in [0.2, 0.25) is 8.07 Å². The van der Waals surface area contributed by atoms with E-state index in [0.717, 1.165) is 16.9 Å². The maximum Gasteiger partial charge on any atom is 0.203 e. The van der Waals surface area contributed by atoms with Crippen molar-refractivity contribution in [2.45, 2.75) is 52.4 Å². The number of rotatable bonds is 4. The zero-order chi connectivity index (χ0) is 35.8. The molecule has 0 atom stereocenters. The molecule has 0 spiro atoms. The Morgan fingerprint density at radius 1 is 0.500 bits per heavy atom. The minimum absolute atomic E-state index is 0.000762. The Kier molecular flexibility index (Phi) is 7.29. The number of pyridine rings is 2. The zero-order valence-corrected chi connectivity index (χ0v) is 31.8. The van der Waals surface area contributed by atoms with Crippen LogP contribution < -0.4 is 20.9 Å². The average molecular weight is 690 g/mol. The van der Waals surface area contributed by atoms with Gasteiger partial charge in [-0.15, -0.1) is 0 Å². The third-order valence-corrected chi connectivity index (χ3v) is 15.8. The highest BCUT2D eigenvalue weighted by molar-refractivity contribution is 7.21. The van der Waals surface area contributed by atoms with Gasteiger partial charge in [-0.05, 0) is 97.2 Å². The molecule has 0 aliphatic carbocycles. The van der Waals surface area contributed by atoms with Crippen molar-refractivity contribution < 1.29 is 0 Å². The van der Waals surface area contributed by atoms with Crippen LogP contribution in [0.15, 0.2) is 152 Å². The molecule has 3 aromatic heterocycles. The molecular formula is C48H43N3Si. The van der Waals surface area contributed by atoms with Gasteiger partial charge in [0.1, 0.15) is 0 Å². The molecule has 4 heterocycles. The molecule has 0 unspecified atom stereocenters. The van der Waals surface area contributed by atoms with E-state index in [1.165, 1.54) is 64.9 Å². The maximum absolute atomic E-state index is 5.28. The topological polar surface area (TPSA) is 30.7 Å². The van der Waals surface area contributed by atoms with Crippen LogP contribution in [0.4, 0.5) is 0 Å². The standard InChI is InChI=1S/C48H43N3Si/c1-47(2,3)33-21-24-39-40-25-22-34(48(4,5)6)30-45(40)52(44(39)29-33,46-19-10-12-27-50-46)36-15-13-14-35(31-36)51-42-18-8-7-16-37(42)38-23-20-32(28-43(38)51)41-17-9-11-26-49-41/h7-31H,1-6H3. The van der Waals surface area contributed by atoms with Crippen molar-refractivity contribution in [3.8, 4) is 28.1 Å². The predicted octanol–water partition coefficient (Wildman–Crippen LogP) is 9.19. The van der Waals surface area contributed by atoms with Gasteiger partial charge in [0.25, 0.3) is 0 Å². The van der Waals surface area contributed by atoms with Crippen LogP contribution in [0.3, 0.4) is 0 Å². The van der Waals surface area contributed by atoms with Crippen LogP contribution in [0.2, 0.25) is 0 Å². The van der Waals surface area contributed by atoms with Gasteiger partial charge in [0.05, 0.1) is 16.7 Å². The number of benzene rings is 5. The smallest absolute Gasteiger partial charge is 0.203 e. The molecule has 1 aliphatic heterocycles. The lowest BCUT2D eigenvalue weighted by Crippen LogP contribution is -2.73. The fourth-order valence-electron chi connectivity index (χ4n) is 8.40. The Morgan fingerprint density at radius 3 is 1.77 bits per heavy atom. The fourth-order valence-corrected chi connectivity index (χ4v) is 13.5. The van der Waals surface area contributed by atoms with Crippen LogP contribution in [0.25, 0.3) is 49.9 Å². The molecular weight excluding hydrogens is 647 g/mol. The van der Waals surface area contributed by atoms with E-state index in [9.17, 15) is 0 Å². The van der Waals surface area contributed by atoms with E-state index in [-0.39, 0.29) is 10.8 Å². The summed E-state index contributed by atoms with van der Waals surface area (Å²) in [5, 5.41) is 7.84. The van der Waals surface area contributed by atoms with E-state index < -0.39 is 8.07 Å². The third kappa shape index (κ3) is 4.92. The number of aromatic nitrogens is 3. The molecule has 0 radical (unpaired) electrons. The van der Waals surface area contributed by atoms with Gasteiger partial charge < -0.3 is 4.57 Å². The predicted molar refractivity (Wildman–Crippen MR) is 222 cm³/mol. The molecule has 1 aliphatic rings. The van der Waals surface area contributed by atoms with Crippen LogP contribution in [0, 0.1) is 0 Å². The molecule has 3 nitrogen and oxygen atoms in total. The van der Waals surface area contributed by atoms with Crippen LogP contribution >= 0.6 is 0 Å². The molecule has 9 rings (SSSR count). The first-order valence-corrected chi connectivity index (χ1v) is 20.3. The van der Waals surface area contributed by atoms with E-state index in [2.05, 4.69) is 174 Å². The summed E-state index contributed by atoms with van der Waals surface area (Å²) in [7, 11) is -2.92. The fraction of sp³-hybridized carbons (Fsp3) is 0.167. The van der Waals surface area contributed by atoms with E-state index >= 15 is 0 Å². The number of fused-ring (bicyclic) bond motifs is 6. The number of nitrogens with zero attached hydrogens (tertiary/aromatic N) is 3. The van der Waals surface area contributed by atoms with Gasteiger partial charge in [0.15, 0.2) is 0 Å². The lowest BCUT2D eigenvalue weighted by Gasteiger charge is -2.32. The summed E-state index contributed by atoms with van der Waals surface area (Å²) in [5.74, 6) is 0. The number of hydrogen-bond donors (Lipinski definition) is 0. The van der Waals surface area contributed by atoms with E-state index in [0.29, 0.717) is 0 Å². The van der Waals surface area contributed by atoms with E-state index in [4.69, 9.17) is 9.97 Å². The minimum atomic E-state index is -2.92. The molecule has 0 amide bonds. The Hall–Kier alpha value is -5.58. The number of para-hydroxylation sites is 1. The quantitative estimate of drug-likeness (QED) is 0.173. The zero-order valence-electron chi connectivity index (χ0n) is 30.8. The van der Waals surface area contributed by atoms with Gasteiger partial charge in [0, 0.05) is 39.7 Å². The molecule has 0 N–H and O–H groups in total. The summed E-state index contributed by atoms with van der Waals surface area (Å²) in [6.07, 6.45) is 3.85. The number of hydrogen-bond acceptors (Lipinski definition) is 2. The van der Waals surface area contributed by atoms with Gasteiger partial charge in [-0.1, -0.05) is 133 Å². The molecule has 52 heavy (non-hydrogen) atoms. The molecule has 254 valence electrons. The monoisotopic (exact) mass is 689 g/mol. The molecule has 5 aromatic carbocycles. The molecule has 0 bridgehead atoms. The minimum Gasteiger partial charge on any atom is -0.309 e. The first-order chi connectivity index (χ1) is 25.0. The lowest BCUT2D eigenvalue weighted by atomic mass is 9.85. The normalized spacial score (nSPS) is 13.7.